The zero-order valence-electron chi connectivity index (χ0n) is 22.2. The highest BCUT2D eigenvalue weighted by molar-refractivity contribution is 5.98. The molecule has 0 radical (unpaired) electrons. The van der Waals surface area contributed by atoms with E-state index in [-0.39, 0.29) is 24.0 Å². The molecule has 2 saturated heterocycles. The largest absolute Gasteiger partial charge is 0.497 e. The quantitative estimate of drug-likeness (QED) is 0.259. The lowest BCUT2D eigenvalue weighted by Crippen LogP contribution is -2.57. The fraction of sp³-hybridized carbons (Fsp3) is 0.571. The molecule has 3 amide bonds. The second-order valence-corrected chi connectivity index (χ2v) is 10.5. The van der Waals surface area contributed by atoms with Crippen molar-refractivity contribution in [2.24, 2.45) is 5.92 Å². The molecule has 4 atom stereocenters. The average molecular weight is 528 g/mol. The maximum absolute atomic E-state index is 13.6. The molecular formula is C28H37N3O7. The number of ether oxygens (including phenoxy) is 3. The van der Waals surface area contributed by atoms with E-state index in [0.29, 0.717) is 32.0 Å². The Morgan fingerprint density at radius 1 is 1.03 bits per heavy atom. The molecule has 3 N–H and O–H groups in total. The second-order valence-electron chi connectivity index (χ2n) is 10.5. The lowest BCUT2D eigenvalue weighted by molar-refractivity contribution is -0.142. The van der Waals surface area contributed by atoms with Gasteiger partial charge in [0.15, 0.2) is 5.78 Å². The van der Waals surface area contributed by atoms with Crippen molar-refractivity contribution in [3.63, 3.8) is 0 Å². The Bertz CT molecular complexity index is 1080. The minimum atomic E-state index is -0.969. The number of allylic oxidation sites excluding steroid dienone is 1. The van der Waals surface area contributed by atoms with E-state index < -0.39 is 35.5 Å². The fourth-order valence-corrected chi connectivity index (χ4v) is 4.57. The van der Waals surface area contributed by atoms with Crippen LogP contribution in [0.5, 0.6) is 5.75 Å². The van der Waals surface area contributed by atoms with Crippen molar-refractivity contribution in [1.82, 2.24) is 16.0 Å². The predicted molar refractivity (Wildman–Crippen MR) is 138 cm³/mol. The van der Waals surface area contributed by atoms with Crippen LogP contribution in [0.2, 0.25) is 0 Å². The summed E-state index contributed by atoms with van der Waals surface area (Å²) in [6, 6.07) is 4.61. The molecule has 4 unspecified atom stereocenters. The summed E-state index contributed by atoms with van der Waals surface area (Å²) in [7, 11) is 1.57. The molecule has 10 nitrogen and oxygen atoms in total. The van der Waals surface area contributed by atoms with Crippen LogP contribution >= 0.6 is 0 Å². The first-order valence-corrected chi connectivity index (χ1v) is 13.2. The van der Waals surface area contributed by atoms with Crippen LogP contribution in [0, 0.1) is 5.92 Å². The first-order chi connectivity index (χ1) is 18.2. The van der Waals surface area contributed by atoms with Crippen molar-refractivity contribution in [3.8, 4) is 5.75 Å². The Morgan fingerprint density at radius 2 is 1.71 bits per heavy atom. The van der Waals surface area contributed by atoms with Gasteiger partial charge in [-0.2, -0.15) is 0 Å². The van der Waals surface area contributed by atoms with Gasteiger partial charge in [0.2, 0.25) is 17.7 Å². The highest BCUT2D eigenvalue weighted by Gasteiger charge is 2.50. The first kappa shape index (κ1) is 27.8. The Labute approximate surface area is 222 Å². The van der Waals surface area contributed by atoms with E-state index >= 15 is 0 Å². The standard InChI is InChI=1S/C28H37N3O7/c1-17(29-26(34)20-14-37-15-20)25(33)31-23(13-19-8-10-21(36-3)11-9-19)27(35)30-22(12-18-6-4-5-7-18)24(32)28(2)16-38-28/h6,8-11,17,20,22-23H,4-5,7,12-16H2,1-3H3,(H,29,34)(H,30,35)(H,31,33). The average Bonchev–Trinajstić information content (AvgIpc) is 3.40. The molecule has 2 heterocycles. The van der Waals surface area contributed by atoms with E-state index in [4.69, 9.17) is 14.2 Å². The predicted octanol–water partition coefficient (Wildman–Crippen LogP) is 1.22. The number of epoxide rings is 1. The molecule has 4 rings (SSSR count). The highest BCUT2D eigenvalue weighted by atomic mass is 16.6. The Kier molecular flexibility index (Phi) is 8.83. The number of nitrogens with one attached hydrogen (secondary N) is 3. The number of hydrogen-bond acceptors (Lipinski definition) is 7. The topological polar surface area (TPSA) is 135 Å². The smallest absolute Gasteiger partial charge is 0.243 e. The third-order valence-electron chi connectivity index (χ3n) is 7.33. The maximum Gasteiger partial charge on any atom is 0.243 e. The SMILES string of the molecule is COc1ccc(CC(NC(=O)C(C)NC(=O)C2COC2)C(=O)NC(CC2=CCCC2)C(=O)C2(C)CO2)cc1. The van der Waals surface area contributed by atoms with Gasteiger partial charge in [0.25, 0.3) is 0 Å². The summed E-state index contributed by atoms with van der Waals surface area (Å²) in [5, 5.41) is 8.37. The molecule has 2 aliphatic heterocycles. The van der Waals surface area contributed by atoms with Crippen LogP contribution in [0.15, 0.2) is 35.9 Å². The van der Waals surface area contributed by atoms with Crippen LogP contribution in [0.3, 0.4) is 0 Å². The summed E-state index contributed by atoms with van der Waals surface area (Å²) >= 11 is 0. The monoisotopic (exact) mass is 527 g/mol. The number of carbonyl (C=O) groups is 4. The summed E-state index contributed by atoms with van der Waals surface area (Å²) in [6.07, 6.45) is 5.62. The highest BCUT2D eigenvalue weighted by Crippen LogP contribution is 2.31. The third kappa shape index (κ3) is 6.99. The molecule has 10 heteroatoms. The van der Waals surface area contributed by atoms with Crippen LogP contribution in [-0.4, -0.2) is 74.2 Å². The van der Waals surface area contributed by atoms with E-state index in [2.05, 4.69) is 22.0 Å². The normalized spacial score (nSPS) is 22.8. The number of Topliss-reactive ketones (excluding diaryl/α,β-unsaturated/α-hetero) is 1. The lowest BCUT2D eigenvalue weighted by Gasteiger charge is -2.27. The minimum Gasteiger partial charge on any atom is -0.497 e. The van der Waals surface area contributed by atoms with Gasteiger partial charge < -0.3 is 30.2 Å². The molecule has 0 saturated carbocycles. The van der Waals surface area contributed by atoms with Crippen molar-refractivity contribution in [2.45, 2.75) is 69.7 Å². The molecule has 3 aliphatic rings. The number of rotatable bonds is 13. The summed E-state index contributed by atoms with van der Waals surface area (Å²) in [5.74, 6) is -0.998. The molecule has 2 fully saturated rings. The zero-order valence-corrected chi connectivity index (χ0v) is 22.2. The molecule has 1 aromatic carbocycles. The molecule has 0 spiro atoms. The number of methoxy groups -OCH3 is 1. The van der Waals surface area contributed by atoms with Gasteiger partial charge in [-0.05, 0) is 57.2 Å². The van der Waals surface area contributed by atoms with Gasteiger partial charge in [-0.15, -0.1) is 0 Å². The van der Waals surface area contributed by atoms with Gasteiger partial charge in [-0.1, -0.05) is 23.8 Å². The van der Waals surface area contributed by atoms with Gasteiger partial charge in [-0.25, -0.2) is 0 Å². The van der Waals surface area contributed by atoms with Gasteiger partial charge in [0.1, 0.15) is 23.4 Å². The van der Waals surface area contributed by atoms with E-state index in [1.807, 2.05) is 12.1 Å². The number of amides is 3. The van der Waals surface area contributed by atoms with E-state index in [1.54, 1.807) is 33.1 Å². The number of hydrogen-bond donors (Lipinski definition) is 3. The Balaban J connectivity index is 1.48. The van der Waals surface area contributed by atoms with Crippen LogP contribution in [0.4, 0.5) is 0 Å². The molecule has 1 aromatic rings. The van der Waals surface area contributed by atoms with E-state index in [0.717, 1.165) is 30.4 Å². The molecule has 0 aromatic heterocycles. The van der Waals surface area contributed by atoms with Crippen LogP contribution in [0.25, 0.3) is 0 Å². The summed E-state index contributed by atoms with van der Waals surface area (Å²) in [6.45, 7) is 4.28. The Hall–Kier alpha value is -3.24. The summed E-state index contributed by atoms with van der Waals surface area (Å²) in [5.41, 5.74) is 1.05. The molecule has 0 bridgehead atoms. The molecular weight excluding hydrogens is 490 g/mol. The number of carbonyl (C=O) groups excluding carboxylic acids is 4. The van der Waals surface area contributed by atoms with E-state index in [1.165, 1.54) is 0 Å². The van der Waals surface area contributed by atoms with Crippen LogP contribution in [-0.2, 0) is 35.1 Å². The van der Waals surface area contributed by atoms with Crippen LogP contribution < -0.4 is 20.7 Å². The van der Waals surface area contributed by atoms with Gasteiger partial charge in [0, 0.05) is 6.42 Å². The maximum atomic E-state index is 13.6. The van der Waals surface area contributed by atoms with Gasteiger partial charge in [-0.3, -0.25) is 19.2 Å². The summed E-state index contributed by atoms with van der Waals surface area (Å²) < 4.78 is 15.6. The van der Waals surface area contributed by atoms with Gasteiger partial charge in [0.05, 0.1) is 38.9 Å². The van der Waals surface area contributed by atoms with Gasteiger partial charge >= 0.3 is 0 Å². The molecule has 1 aliphatic carbocycles. The third-order valence-corrected chi connectivity index (χ3v) is 7.33. The number of ketones is 1. The van der Waals surface area contributed by atoms with Crippen molar-refractivity contribution in [3.05, 3.63) is 41.5 Å². The number of benzene rings is 1. The fourth-order valence-electron chi connectivity index (χ4n) is 4.57. The molecule has 206 valence electrons. The second kappa shape index (κ2) is 12.1. The summed E-state index contributed by atoms with van der Waals surface area (Å²) in [4.78, 5) is 52.1. The molecule has 38 heavy (non-hydrogen) atoms. The van der Waals surface area contributed by atoms with Crippen molar-refractivity contribution in [1.29, 1.82) is 0 Å². The Morgan fingerprint density at radius 3 is 2.26 bits per heavy atom. The first-order valence-electron chi connectivity index (χ1n) is 13.2. The van der Waals surface area contributed by atoms with E-state index in [9.17, 15) is 19.2 Å². The van der Waals surface area contributed by atoms with Crippen LogP contribution in [0.1, 0.15) is 45.1 Å². The lowest BCUT2D eigenvalue weighted by atomic mass is 9.94. The van der Waals surface area contributed by atoms with Crippen molar-refractivity contribution >= 4 is 23.5 Å². The minimum absolute atomic E-state index is 0.170. The van der Waals surface area contributed by atoms with Crippen molar-refractivity contribution < 1.29 is 33.4 Å². The zero-order chi connectivity index (χ0) is 27.3. The van der Waals surface area contributed by atoms with Crippen molar-refractivity contribution in [2.75, 3.05) is 26.9 Å².